The molecule has 0 aliphatic carbocycles. The summed E-state index contributed by atoms with van der Waals surface area (Å²) in [4.78, 5) is 27.0. The lowest BCUT2D eigenvalue weighted by Crippen LogP contribution is -2.31. The molecule has 6 rings (SSSR count). The van der Waals surface area contributed by atoms with Crippen LogP contribution in [0.2, 0.25) is 0 Å². The van der Waals surface area contributed by atoms with E-state index in [0.717, 1.165) is 33.8 Å². The third kappa shape index (κ3) is 5.33. The topological polar surface area (TPSA) is 122 Å². The molecule has 11 heteroatoms. The van der Waals surface area contributed by atoms with Crippen LogP contribution in [0, 0.1) is 0 Å². The summed E-state index contributed by atoms with van der Waals surface area (Å²) in [6.45, 7) is 2.19. The van der Waals surface area contributed by atoms with E-state index < -0.39 is 12.2 Å². The van der Waals surface area contributed by atoms with Gasteiger partial charge in [0.2, 0.25) is 5.88 Å². The number of nitrogens with zero attached hydrogens (tertiary/aromatic N) is 4. The number of rotatable bonds is 8. The molecule has 0 spiro atoms. The minimum Gasteiger partial charge on any atom is -0.496 e. The van der Waals surface area contributed by atoms with Gasteiger partial charge in [0.15, 0.2) is 0 Å². The van der Waals surface area contributed by atoms with E-state index in [4.69, 9.17) is 19.9 Å². The maximum absolute atomic E-state index is 12.8. The summed E-state index contributed by atoms with van der Waals surface area (Å²) in [5.41, 5.74) is 11.6. The van der Waals surface area contributed by atoms with Crippen molar-refractivity contribution in [1.29, 1.82) is 0 Å². The predicted molar refractivity (Wildman–Crippen MR) is 166 cm³/mol. The van der Waals surface area contributed by atoms with E-state index in [1.807, 2.05) is 83.4 Å². The summed E-state index contributed by atoms with van der Waals surface area (Å²) < 4.78 is 27.5. The Hall–Kier alpha value is -5.42. The lowest BCUT2D eigenvalue weighted by Gasteiger charge is -2.21. The van der Waals surface area contributed by atoms with Gasteiger partial charge in [0.25, 0.3) is 0 Å². The van der Waals surface area contributed by atoms with Crippen LogP contribution >= 0.6 is 11.7 Å². The second kappa shape index (κ2) is 11.8. The third-order valence-corrected chi connectivity index (χ3v) is 7.53. The Morgan fingerprint density at radius 2 is 1.67 bits per heavy atom. The number of urea groups is 1. The van der Waals surface area contributed by atoms with Crippen LogP contribution < -0.4 is 20.1 Å². The van der Waals surface area contributed by atoms with Gasteiger partial charge in [-0.05, 0) is 61.0 Å². The van der Waals surface area contributed by atoms with E-state index in [1.54, 1.807) is 26.2 Å². The average Bonchev–Trinajstić information content (AvgIpc) is 3.60. The number of carbonyl (C=O) groups is 2. The lowest BCUT2D eigenvalue weighted by molar-refractivity contribution is 0.101. The number of aromatic nitrogens is 3. The Bertz CT molecular complexity index is 1950. The molecule has 0 atom stereocenters. The van der Waals surface area contributed by atoms with Crippen molar-refractivity contribution in [2.24, 2.45) is 5.73 Å². The molecule has 0 fully saturated rings. The van der Waals surface area contributed by atoms with Crippen LogP contribution in [0.25, 0.3) is 33.1 Å². The molecule has 0 unspecified atom stereocenters. The van der Waals surface area contributed by atoms with E-state index in [2.05, 4.69) is 8.75 Å². The molecule has 2 amide bonds. The Labute approximate surface area is 251 Å². The number of benzene rings is 4. The zero-order chi connectivity index (χ0) is 29.9. The van der Waals surface area contributed by atoms with Gasteiger partial charge in [-0.15, -0.1) is 0 Å². The molecule has 6 aromatic rings. The van der Waals surface area contributed by atoms with Gasteiger partial charge in [-0.3, -0.25) is 4.90 Å². The molecular formula is C32H27N5O5S. The highest BCUT2D eigenvalue weighted by atomic mass is 32.1. The molecule has 0 radical (unpaired) electrons. The number of anilines is 2. The first-order valence-electron chi connectivity index (χ1n) is 13.5. The number of amides is 2. The quantitative estimate of drug-likeness (QED) is 0.186. The molecule has 0 aliphatic rings. The van der Waals surface area contributed by atoms with Gasteiger partial charge in [-0.2, -0.15) is 8.75 Å². The van der Waals surface area contributed by atoms with Gasteiger partial charge in [0.05, 0.1) is 54.4 Å². The zero-order valence-electron chi connectivity index (χ0n) is 23.4. The lowest BCUT2D eigenvalue weighted by atomic mass is 10.0. The van der Waals surface area contributed by atoms with Gasteiger partial charge in [-0.25, -0.2) is 9.59 Å². The summed E-state index contributed by atoms with van der Waals surface area (Å²) in [5.74, 6) is 0.836. The second-order valence-electron chi connectivity index (χ2n) is 9.55. The molecule has 216 valence electrons. The monoisotopic (exact) mass is 593 g/mol. The standard InChI is InChI=1S/C32H27N5O5S/c1-3-41-32(39)42-30-29(23-11-7-8-12-28(23)40-2)24-18-22(37(31(33)38)21-9-5-4-6-10-21)14-16-27(24)36(30)19-20-13-15-25-26(17-20)35-43-34-25/h4-18H,3,19H2,1-2H3,(H2,33,38). The minimum absolute atomic E-state index is 0.144. The molecule has 2 aromatic heterocycles. The number of fused-ring (bicyclic) bond motifs is 2. The molecule has 0 aliphatic heterocycles. The number of carbonyl (C=O) groups excluding carboxylic acids is 2. The number of nitrogens with two attached hydrogens (primary N) is 1. The maximum atomic E-state index is 12.8. The smallest absolute Gasteiger partial charge is 0.496 e. The first-order chi connectivity index (χ1) is 21.0. The van der Waals surface area contributed by atoms with Gasteiger partial charge in [-0.1, -0.05) is 42.5 Å². The fourth-order valence-electron chi connectivity index (χ4n) is 5.15. The van der Waals surface area contributed by atoms with Crippen molar-refractivity contribution in [3.63, 3.8) is 0 Å². The fourth-order valence-corrected chi connectivity index (χ4v) is 5.67. The van der Waals surface area contributed by atoms with Crippen LogP contribution in [-0.2, 0) is 11.3 Å². The number of ether oxygens (including phenoxy) is 3. The number of hydrogen-bond acceptors (Lipinski definition) is 8. The number of hydrogen-bond donors (Lipinski definition) is 1. The van der Waals surface area contributed by atoms with Gasteiger partial charge < -0.3 is 24.5 Å². The Kier molecular flexibility index (Phi) is 7.63. The highest BCUT2D eigenvalue weighted by Gasteiger charge is 2.27. The first kappa shape index (κ1) is 27.7. The molecule has 2 N–H and O–H groups in total. The molecule has 2 heterocycles. The molecule has 0 bridgehead atoms. The molecular weight excluding hydrogens is 566 g/mol. The van der Waals surface area contributed by atoms with E-state index in [0.29, 0.717) is 40.2 Å². The molecule has 10 nitrogen and oxygen atoms in total. The van der Waals surface area contributed by atoms with Crippen LogP contribution in [-0.4, -0.2) is 39.2 Å². The van der Waals surface area contributed by atoms with Crippen LogP contribution in [0.5, 0.6) is 11.6 Å². The van der Waals surface area contributed by atoms with Crippen LogP contribution in [0.15, 0.2) is 91.0 Å². The van der Waals surface area contributed by atoms with Crippen LogP contribution in [0.4, 0.5) is 21.0 Å². The largest absolute Gasteiger partial charge is 0.515 e. The van der Waals surface area contributed by atoms with Gasteiger partial charge in [0, 0.05) is 10.9 Å². The van der Waals surface area contributed by atoms with Gasteiger partial charge in [0.1, 0.15) is 16.8 Å². The van der Waals surface area contributed by atoms with Crippen molar-refractivity contribution < 1.29 is 23.8 Å². The molecule has 0 saturated heterocycles. The SMILES string of the molecule is CCOC(=O)Oc1c(-c2ccccc2OC)c2cc(N(C(N)=O)c3ccccc3)ccc2n1Cc1ccc2nsnc2c1. The average molecular weight is 594 g/mol. The predicted octanol–water partition coefficient (Wildman–Crippen LogP) is 7.12. The van der Waals surface area contributed by atoms with E-state index >= 15 is 0 Å². The number of methoxy groups -OCH3 is 1. The van der Waals surface area contributed by atoms with E-state index in [9.17, 15) is 9.59 Å². The molecule has 4 aromatic carbocycles. The molecule has 0 saturated carbocycles. The summed E-state index contributed by atoms with van der Waals surface area (Å²) in [5, 5.41) is 0.708. The van der Waals surface area contributed by atoms with Crippen molar-refractivity contribution in [1.82, 2.24) is 13.3 Å². The number of primary amides is 1. The van der Waals surface area contributed by atoms with Crippen molar-refractivity contribution in [3.8, 4) is 22.8 Å². The summed E-state index contributed by atoms with van der Waals surface area (Å²) in [7, 11) is 1.58. The van der Waals surface area contributed by atoms with E-state index in [1.165, 1.54) is 4.90 Å². The first-order valence-corrected chi connectivity index (χ1v) is 14.2. The minimum atomic E-state index is -0.842. The van der Waals surface area contributed by atoms with Crippen LogP contribution in [0.3, 0.4) is 0 Å². The number of para-hydroxylation sites is 2. The summed E-state index contributed by atoms with van der Waals surface area (Å²) in [6, 6.07) is 27.3. The summed E-state index contributed by atoms with van der Waals surface area (Å²) in [6.07, 6.45) is -0.842. The zero-order valence-corrected chi connectivity index (χ0v) is 24.2. The Morgan fingerprint density at radius 1 is 0.907 bits per heavy atom. The van der Waals surface area contributed by atoms with Gasteiger partial charge >= 0.3 is 12.2 Å². The van der Waals surface area contributed by atoms with Crippen LogP contribution in [0.1, 0.15) is 12.5 Å². The fraction of sp³-hybridized carbons (Fsp3) is 0.125. The summed E-state index contributed by atoms with van der Waals surface area (Å²) >= 11 is 1.15. The van der Waals surface area contributed by atoms with Crippen molar-refractivity contribution in [2.45, 2.75) is 13.5 Å². The third-order valence-electron chi connectivity index (χ3n) is 6.97. The Morgan fingerprint density at radius 3 is 2.44 bits per heavy atom. The van der Waals surface area contributed by atoms with Crippen molar-refractivity contribution in [2.75, 3.05) is 18.6 Å². The highest BCUT2D eigenvalue weighted by Crippen LogP contribution is 2.46. The van der Waals surface area contributed by atoms with E-state index in [-0.39, 0.29) is 12.5 Å². The van der Waals surface area contributed by atoms with Crippen molar-refractivity contribution >= 4 is 57.2 Å². The maximum Gasteiger partial charge on any atom is 0.515 e. The van der Waals surface area contributed by atoms with Crippen molar-refractivity contribution in [3.05, 3.63) is 96.6 Å². The Balaban J connectivity index is 1.63. The normalized spacial score (nSPS) is 11.0. The second-order valence-corrected chi connectivity index (χ2v) is 10.1. The molecule has 43 heavy (non-hydrogen) atoms. The highest BCUT2D eigenvalue weighted by molar-refractivity contribution is 7.00.